The third-order valence-corrected chi connectivity index (χ3v) is 5.53. The number of pyridine rings is 1. The molecule has 4 nitrogen and oxygen atoms in total. The summed E-state index contributed by atoms with van der Waals surface area (Å²) in [5, 5.41) is 2.33. The van der Waals surface area contributed by atoms with Gasteiger partial charge in [0.2, 0.25) is 0 Å². The zero-order valence-corrected chi connectivity index (χ0v) is 14.6. The Labute approximate surface area is 151 Å². The number of amides is 1. The van der Waals surface area contributed by atoms with Crippen molar-refractivity contribution in [3.05, 3.63) is 76.5 Å². The Morgan fingerprint density at radius 1 is 1.16 bits per heavy atom. The molecule has 1 aromatic carbocycles. The van der Waals surface area contributed by atoms with Crippen LogP contribution in [0.4, 0.5) is 9.52 Å². The predicted octanol–water partition coefficient (Wildman–Crippen LogP) is 4.74. The molecule has 0 atom stereocenters. The van der Waals surface area contributed by atoms with E-state index in [9.17, 15) is 9.18 Å². The number of carbonyl (C=O) groups is 1. The fourth-order valence-corrected chi connectivity index (χ4v) is 4.10. The minimum atomic E-state index is -0.384. The van der Waals surface area contributed by atoms with Crippen LogP contribution in [0.15, 0.2) is 60.2 Å². The van der Waals surface area contributed by atoms with Crippen LogP contribution in [-0.4, -0.2) is 15.9 Å². The van der Waals surface area contributed by atoms with Crippen molar-refractivity contribution in [1.82, 2.24) is 9.97 Å². The molecule has 25 heavy (non-hydrogen) atoms. The molecule has 1 amide bonds. The van der Waals surface area contributed by atoms with Crippen molar-refractivity contribution in [3.8, 4) is 0 Å². The number of anilines is 1. The highest BCUT2D eigenvalue weighted by molar-refractivity contribution is 7.22. The Balaban J connectivity index is 1.78. The summed E-state index contributed by atoms with van der Waals surface area (Å²) in [5.74, 6) is -0.539. The first-order chi connectivity index (χ1) is 12.2. The zero-order chi connectivity index (χ0) is 17.2. The van der Waals surface area contributed by atoms with Crippen LogP contribution in [0.2, 0.25) is 0 Å². The molecule has 0 aliphatic carbocycles. The van der Waals surface area contributed by atoms with E-state index in [1.165, 1.54) is 28.7 Å². The maximum absolute atomic E-state index is 14.0. The van der Waals surface area contributed by atoms with Gasteiger partial charge in [-0.3, -0.25) is 14.7 Å². The van der Waals surface area contributed by atoms with E-state index in [2.05, 4.69) is 9.97 Å². The van der Waals surface area contributed by atoms with Crippen molar-refractivity contribution in [1.29, 1.82) is 0 Å². The van der Waals surface area contributed by atoms with Crippen LogP contribution >= 0.6 is 22.7 Å². The lowest BCUT2D eigenvalue weighted by atomic mass is 10.2. The molecule has 4 rings (SSSR count). The zero-order valence-electron chi connectivity index (χ0n) is 12.9. The van der Waals surface area contributed by atoms with Crippen LogP contribution in [0.5, 0.6) is 0 Å². The lowest BCUT2D eigenvalue weighted by Gasteiger charge is -2.19. The summed E-state index contributed by atoms with van der Waals surface area (Å²) in [6.45, 7) is 0.325. The van der Waals surface area contributed by atoms with Crippen LogP contribution in [0.3, 0.4) is 0 Å². The third kappa shape index (κ3) is 3.16. The minimum Gasteiger partial charge on any atom is -0.279 e. The number of aromatic nitrogens is 2. The van der Waals surface area contributed by atoms with Crippen molar-refractivity contribution in [2.75, 3.05) is 4.90 Å². The highest BCUT2D eigenvalue weighted by Crippen LogP contribution is 2.32. The second-order valence-electron chi connectivity index (χ2n) is 5.31. The summed E-state index contributed by atoms with van der Waals surface area (Å²) in [7, 11) is 0. The molecule has 0 bridgehead atoms. The standard InChI is InChI=1S/C18H12FN3OS2/c19-13-5-1-6-14-16(13)21-18(25-14)22(11-12-4-2-8-20-10-12)17(23)15-7-3-9-24-15/h1-10H,11H2. The summed E-state index contributed by atoms with van der Waals surface area (Å²) in [6.07, 6.45) is 3.39. The van der Waals surface area contributed by atoms with Crippen molar-refractivity contribution < 1.29 is 9.18 Å². The van der Waals surface area contributed by atoms with Gasteiger partial charge < -0.3 is 0 Å². The number of halogens is 1. The van der Waals surface area contributed by atoms with E-state index >= 15 is 0 Å². The van der Waals surface area contributed by atoms with Crippen LogP contribution in [-0.2, 0) is 6.54 Å². The van der Waals surface area contributed by atoms with Crippen LogP contribution in [0.25, 0.3) is 10.2 Å². The van der Waals surface area contributed by atoms with Gasteiger partial charge in [-0.15, -0.1) is 11.3 Å². The highest BCUT2D eigenvalue weighted by Gasteiger charge is 2.23. The van der Waals surface area contributed by atoms with Gasteiger partial charge >= 0.3 is 0 Å². The first-order valence-electron chi connectivity index (χ1n) is 7.52. The number of benzene rings is 1. The molecule has 4 aromatic rings. The SMILES string of the molecule is O=C(c1cccs1)N(Cc1cccnc1)c1nc2c(F)cccc2s1. The molecule has 0 spiro atoms. The van der Waals surface area contributed by atoms with Crippen molar-refractivity contribution in [2.45, 2.75) is 6.54 Å². The monoisotopic (exact) mass is 369 g/mol. The van der Waals surface area contributed by atoms with Gasteiger partial charge in [-0.1, -0.05) is 29.5 Å². The quantitative estimate of drug-likeness (QED) is 0.522. The molecule has 0 unspecified atom stereocenters. The van der Waals surface area contributed by atoms with Gasteiger partial charge in [0.05, 0.1) is 16.1 Å². The van der Waals surface area contributed by atoms with Gasteiger partial charge in [-0.25, -0.2) is 9.37 Å². The molecule has 0 radical (unpaired) electrons. The van der Waals surface area contributed by atoms with Gasteiger partial charge in [0, 0.05) is 12.4 Å². The number of para-hydroxylation sites is 1. The first-order valence-corrected chi connectivity index (χ1v) is 9.21. The van der Waals surface area contributed by atoms with E-state index in [1.54, 1.807) is 35.5 Å². The minimum absolute atomic E-state index is 0.154. The molecule has 3 aromatic heterocycles. The topological polar surface area (TPSA) is 46.1 Å². The smallest absolute Gasteiger partial charge is 0.270 e. The van der Waals surface area contributed by atoms with Gasteiger partial charge in [-0.2, -0.15) is 0 Å². The number of thiophene rings is 1. The highest BCUT2D eigenvalue weighted by atomic mass is 32.1. The van der Waals surface area contributed by atoms with E-state index in [1.807, 2.05) is 23.6 Å². The fourth-order valence-electron chi connectivity index (χ4n) is 2.45. The van der Waals surface area contributed by atoms with E-state index < -0.39 is 0 Å². The average Bonchev–Trinajstić information content (AvgIpc) is 3.30. The molecule has 0 fully saturated rings. The van der Waals surface area contributed by atoms with E-state index in [-0.39, 0.29) is 17.2 Å². The van der Waals surface area contributed by atoms with Crippen LogP contribution in [0, 0.1) is 5.82 Å². The molecule has 0 aliphatic heterocycles. The summed E-state index contributed by atoms with van der Waals surface area (Å²) in [6, 6.07) is 12.1. The lowest BCUT2D eigenvalue weighted by Crippen LogP contribution is -2.29. The predicted molar refractivity (Wildman–Crippen MR) is 98.6 cm³/mol. The average molecular weight is 369 g/mol. The largest absolute Gasteiger partial charge is 0.279 e. The van der Waals surface area contributed by atoms with Gasteiger partial charge in [-0.05, 0) is 35.2 Å². The number of hydrogen-bond donors (Lipinski definition) is 0. The molecule has 7 heteroatoms. The second-order valence-corrected chi connectivity index (χ2v) is 7.27. The molecular weight excluding hydrogens is 357 g/mol. The maximum atomic E-state index is 14.0. The molecule has 3 heterocycles. The first kappa shape index (κ1) is 15.9. The Morgan fingerprint density at radius 2 is 2.08 bits per heavy atom. The van der Waals surface area contributed by atoms with Crippen molar-refractivity contribution >= 4 is 43.9 Å². The number of nitrogens with zero attached hydrogens (tertiary/aromatic N) is 3. The molecule has 0 saturated carbocycles. The Kier molecular flexibility index (Phi) is 4.25. The maximum Gasteiger partial charge on any atom is 0.270 e. The Morgan fingerprint density at radius 3 is 2.80 bits per heavy atom. The molecular formula is C18H12FN3OS2. The second kappa shape index (κ2) is 6.70. The number of hydrogen-bond acceptors (Lipinski definition) is 5. The number of carbonyl (C=O) groups excluding carboxylic acids is 1. The summed E-state index contributed by atoms with van der Waals surface area (Å²) in [4.78, 5) is 23.6. The summed E-state index contributed by atoms with van der Waals surface area (Å²) >= 11 is 2.67. The van der Waals surface area contributed by atoms with E-state index in [4.69, 9.17) is 0 Å². The van der Waals surface area contributed by atoms with Gasteiger partial charge in [0.15, 0.2) is 5.13 Å². The van der Waals surface area contributed by atoms with Crippen molar-refractivity contribution in [3.63, 3.8) is 0 Å². The molecule has 0 aliphatic rings. The van der Waals surface area contributed by atoms with Gasteiger partial charge in [0.1, 0.15) is 11.3 Å². The Hall–Kier alpha value is -2.64. The molecule has 0 saturated heterocycles. The molecule has 124 valence electrons. The normalized spacial score (nSPS) is 10.9. The summed E-state index contributed by atoms with van der Waals surface area (Å²) < 4.78 is 14.7. The van der Waals surface area contributed by atoms with E-state index in [0.717, 1.165) is 5.56 Å². The number of rotatable bonds is 4. The summed E-state index contributed by atoms with van der Waals surface area (Å²) in [5.41, 5.74) is 1.17. The van der Waals surface area contributed by atoms with Gasteiger partial charge in [0.25, 0.3) is 5.91 Å². The Bertz CT molecular complexity index is 1020. The van der Waals surface area contributed by atoms with Crippen LogP contribution < -0.4 is 4.90 Å². The fraction of sp³-hybridized carbons (Fsp3) is 0.0556. The lowest BCUT2D eigenvalue weighted by molar-refractivity contribution is 0.0989. The van der Waals surface area contributed by atoms with Crippen molar-refractivity contribution in [2.24, 2.45) is 0 Å². The van der Waals surface area contributed by atoms with Crippen LogP contribution in [0.1, 0.15) is 15.2 Å². The third-order valence-electron chi connectivity index (χ3n) is 3.63. The van der Waals surface area contributed by atoms with E-state index in [0.29, 0.717) is 21.3 Å². The molecule has 0 N–H and O–H groups in total. The number of thiazole rings is 1. The number of fused-ring (bicyclic) bond motifs is 1.